The van der Waals surface area contributed by atoms with Crippen molar-refractivity contribution in [3.63, 3.8) is 0 Å². The Labute approximate surface area is 141 Å². The molecule has 1 amide bonds. The second kappa shape index (κ2) is 7.73. The highest BCUT2D eigenvalue weighted by Gasteiger charge is 2.21. The van der Waals surface area contributed by atoms with Gasteiger partial charge in [0.15, 0.2) is 11.5 Å². The molecule has 0 aromatic heterocycles. The predicted octanol–water partition coefficient (Wildman–Crippen LogP) is 3.52. The van der Waals surface area contributed by atoms with Gasteiger partial charge >= 0.3 is 0 Å². The molecular weight excluding hydrogens is 306 g/mol. The lowest BCUT2D eigenvalue weighted by Crippen LogP contribution is -2.23. The molecule has 0 fully saturated rings. The average molecular weight is 327 g/mol. The van der Waals surface area contributed by atoms with Crippen molar-refractivity contribution >= 4 is 5.91 Å². The van der Waals surface area contributed by atoms with Crippen LogP contribution in [0.5, 0.6) is 17.2 Å². The van der Waals surface area contributed by atoms with Crippen LogP contribution >= 0.6 is 0 Å². The number of amides is 1. The Morgan fingerprint density at radius 1 is 1.21 bits per heavy atom. The number of carbonyl (C=O) groups excluding carboxylic acids is 1. The lowest BCUT2D eigenvalue weighted by Gasteiger charge is -2.10. The SMILES string of the molecule is CCCCOc1cccc(CNC(=O)c2cccc3c2OCO3)c1. The maximum absolute atomic E-state index is 12.4. The highest BCUT2D eigenvalue weighted by Crippen LogP contribution is 2.35. The molecule has 24 heavy (non-hydrogen) atoms. The lowest BCUT2D eigenvalue weighted by atomic mass is 10.1. The smallest absolute Gasteiger partial charge is 0.255 e. The van der Waals surface area contributed by atoms with Gasteiger partial charge in [0.1, 0.15) is 5.75 Å². The zero-order chi connectivity index (χ0) is 16.8. The van der Waals surface area contributed by atoms with Crippen LogP contribution in [0.1, 0.15) is 35.7 Å². The van der Waals surface area contributed by atoms with Gasteiger partial charge in [-0.3, -0.25) is 4.79 Å². The monoisotopic (exact) mass is 327 g/mol. The van der Waals surface area contributed by atoms with Gasteiger partial charge in [0.2, 0.25) is 6.79 Å². The molecule has 0 radical (unpaired) electrons. The minimum Gasteiger partial charge on any atom is -0.494 e. The maximum atomic E-state index is 12.4. The van der Waals surface area contributed by atoms with Crippen molar-refractivity contribution < 1.29 is 19.0 Å². The molecule has 2 aromatic carbocycles. The Morgan fingerprint density at radius 3 is 2.96 bits per heavy atom. The molecule has 0 unspecified atom stereocenters. The van der Waals surface area contributed by atoms with E-state index in [1.807, 2.05) is 24.3 Å². The van der Waals surface area contributed by atoms with Crippen LogP contribution in [0.4, 0.5) is 0 Å². The van der Waals surface area contributed by atoms with Gasteiger partial charge in [0.05, 0.1) is 12.2 Å². The second-order valence-electron chi connectivity index (χ2n) is 5.57. The minimum atomic E-state index is -0.186. The molecule has 3 rings (SSSR count). The van der Waals surface area contributed by atoms with Gasteiger partial charge in [-0.25, -0.2) is 0 Å². The van der Waals surface area contributed by atoms with Gasteiger partial charge in [0.25, 0.3) is 5.91 Å². The fourth-order valence-electron chi connectivity index (χ4n) is 2.47. The molecule has 5 heteroatoms. The molecule has 0 bridgehead atoms. The summed E-state index contributed by atoms with van der Waals surface area (Å²) < 4.78 is 16.4. The third kappa shape index (κ3) is 3.79. The van der Waals surface area contributed by atoms with Crippen LogP contribution in [0.2, 0.25) is 0 Å². The molecule has 0 saturated carbocycles. The molecule has 1 aliphatic heterocycles. The van der Waals surface area contributed by atoms with Crippen molar-refractivity contribution in [1.29, 1.82) is 0 Å². The van der Waals surface area contributed by atoms with E-state index in [0.29, 0.717) is 30.2 Å². The van der Waals surface area contributed by atoms with Crippen LogP contribution in [0.3, 0.4) is 0 Å². The fourth-order valence-corrected chi connectivity index (χ4v) is 2.47. The Balaban J connectivity index is 1.61. The van der Waals surface area contributed by atoms with Crippen molar-refractivity contribution in [2.45, 2.75) is 26.3 Å². The number of rotatable bonds is 7. The third-order valence-electron chi connectivity index (χ3n) is 3.76. The Morgan fingerprint density at radius 2 is 2.08 bits per heavy atom. The van der Waals surface area contributed by atoms with E-state index in [0.717, 1.165) is 24.2 Å². The highest BCUT2D eigenvalue weighted by molar-refractivity contribution is 5.97. The normalized spacial score (nSPS) is 12.0. The van der Waals surface area contributed by atoms with Crippen molar-refractivity contribution in [1.82, 2.24) is 5.32 Å². The summed E-state index contributed by atoms with van der Waals surface area (Å²) in [5, 5.41) is 2.91. The van der Waals surface area contributed by atoms with E-state index >= 15 is 0 Å². The summed E-state index contributed by atoms with van der Waals surface area (Å²) in [6, 6.07) is 13.1. The first kappa shape index (κ1) is 16.2. The summed E-state index contributed by atoms with van der Waals surface area (Å²) >= 11 is 0. The van der Waals surface area contributed by atoms with E-state index in [4.69, 9.17) is 14.2 Å². The van der Waals surface area contributed by atoms with Crippen molar-refractivity contribution in [2.24, 2.45) is 0 Å². The number of nitrogens with one attached hydrogen (secondary N) is 1. The molecule has 0 atom stereocenters. The summed E-state index contributed by atoms with van der Waals surface area (Å²) in [7, 11) is 0. The molecule has 1 heterocycles. The Hall–Kier alpha value is -2.69. The summed E-state index contributed by atoms with van der Waals surface area (Å²) in [6.45, 7) is 3.41. The number of hydrogen-bond donors (Lipinski definition) is 1. The molecule has 2 aromatic rings. The number of ether oxygens (including phenoxy) is 3. The molecule has 0 aliphatic carbocycles. The quantitative estimate of drug-likeness (QED) is 0.791. The fraction of sp³-hybridized carbons (Fsp3) is 0.316. The molecule has 1 aliphatic rings. The Bertz CT molecular complexity index is 714. The number of para-hydroxylation sites is 1. The van der Waals surface area contributed by atoms with Gasteiger partial charge in [-0.1, -0.05) is 31.5 Å². The van der Waals surface area contributed by atoms with Gasteiger partial charge in [-0.2, -0.15) is 0 Å². The number of fused-ring (bicyclic) bond motifs is 1. The molecule has 0 saturated heterocycles. The average Bonchev–Trinajstić information content (AvgIpc) is 3.09. The van der Waals surface area contributed by atoms with Crippen LogP contribution < -0.4 is 19.5 Å². The van der Waals surface area contributed by atoms with Crippen LogP contribution in [0, 0.1) is 0 Å². The largest absolute Gasteiger partial charge is 0.494 e. The number of unbranched alkanes of at least 4 members (excludes halogenated alkanes) is 1. The zero-order valence-corrected chi connectivity index (χ0v) is 13.7. The van der Waals surface area contributed by atoms with Gasteiger partial charge in [-0.05, 0) is 36.2 Å². The molecule has 1 N–H and O–H groups in total. The van der Waals surface area contributed by atoms with E-state index in [-0.39, 0.29) is 12.7 Å². The molecule has 5 nitrogen and oxygen atoms in total. The van der Waals surface area contributed by atoms with Crippen molar-refractivity contribution in [3.8, 4) is 17.2 Å². The van der Waals surface area contributed by atoms with Crippen LogP contribution in [-0.2, 0) is 6.54 Å². The van der Waals surface area contributed by atoms with E-state index < -0.39 is 0 Å². The lowest BCUT2D eigenvalue weighted by molar-refractivity contribution is 0.0946. The maximum Gasteiger partial charge on any atom is 0.255 e. The van der Waals surface area contributed by atoms with E-state index in [2.05, 4.69) is 12.2 Å². The summed E-state index contributed by atoms with van der Waals surface area (Å²) in [6.07, 6.45) is 2.13. The van der Waals surface area contributed by atoms with Gasteiger partial charge < -0.3 is 19.5 Å². The van der Waals surface area contributed by atoms with Crippen molar-refractivity contribution in [2.75, 3.05) is 13.4 Å². The van der Waals surface area contributed by atoms with Crippen LogP contribution in [0.15, 0.2) is 42.5 Å². The van der Waals surface area contributed by atoms with E-state index in [1.165, 1.54) is 0 Å². The number of carbonyl (C=O) groups is 1. The highest BCUT2D eigenvalue weighted by atomic mass is 16.7. The first-order valence-corrected chi connectivity index (χ1v) is 8.16. The molecular formula is C19H21NO4. The second-order valence-corrected chi connectivity index (χ2v) is 5.57. The minimum absolute atomic E-state index is 0.150. The van der Waals surface area contributed by atoms with Crippen LogP contribution in [0.25, 0.3) is 0 Å². The third-order valence-corrected chi connectivity index (χ3v) is 3.76. The van der Waals surface area contributed by atoms with E-state index in [9.17, 15) is 4.79 Å². The van der Waals surface area contributed by atoms with Gasteiger partial charge in [-0.15, -0.1) is 0 Å². The zero-order valence-electron chi connectivity index (χ0n) is 13.7. The first-order chi connectivity index (χ1) is 11.8. The summed E-state index contributed by atoms with van der Waals surface area (Å²) in [5.41, 5.74) is 1.47. The molecule has 0 spiro atoms. The standard InChI is InChI=1S/C19H21NO4/c1-2-3-10-22-15-7-4-6-14(11-15)12-20-19(21)16-8-5-9-17-18(16)24-13-23-17/h4-9,11H,2-3,10,12-13H2,1H3,(H,20,21). The van der Waals surface area contributed by atoms with E-state index in [1.54, 1.807) is 18.2 Å². The summed E-state index contributed by atoms with van der Waals surface area (Å²) in [5.74, 6) is 1.75. The number of hydrogen-bond acceptors (Lipinski definition) is 4. The Kier molecular flexibility index (Phi) is 5.21. The molecule has 126 valence electrons. The topological polar surface area (TPSA) is 56.8 Å². The van der Waals surface area contributed by atoms with Crippen molar-refractivity contribution in [3.05, 3.63) is 53.6 Å². The summed E-state index contributed by atoms with van der Waals surface area (Å²) in [4.78, 5) is 12.4. The van der Waals surface area contributed by atoms with Crippen LogP contribution in [-0.4, -0.2) is 19.3 Å². The van der Waals surface area contributed by atoms with Gasteiger partial charge in [0, 0.05) is 6.54 Å². The first-order valence-electron chi connectivity index (χ1n) is 8.16. The number of benzene rings is 2. The predicted molar refractivity (Wildman–Crippen MR) is 90.6 cm³/mol.